The molecule has 1 N–H and O–H groups in total. The highest BCUT2D eigenvalue weighted by molar-refractivity contribution is 9.10. The van der Waals surface area contributed by atoms with E-state index in [4.69, 9.17) is 0 Å². The maximum atomic E-state index is 12.3. The molecule has 0 amide bonds. The van der Waals surface area contributed by atoms with Crippen LogP contribution in [-0.4, -0.2) is 25.8 Å². The first-order chi connectivity index (χ1) is 8.90. The molecule has 1 aromatic carbocycles. The highest BCUT2D eigenvalue weighted by Gasteiger charge is 2.24. The predicted molar refractivity (Wildman–Crippen MR) is 81.6 cm³/mol. The zero-order valence-electron chi connectivity index (χ0n) is 11.2. The van der Waals surface area contributed by atoms with Crippen LogP contribution in [0.25, 0.3) is 0 Å². The minimum absolute atomic E-state index is 0.615. The third-order valence-corrected chi connectivity index (χ3v) is 5.35. The van der Waals surface area contributed by atoms with Gasteiger partial charge in [0.1, 0.15) is 0 Å². The van der Waals surface area contributed by atoms with Crippen LogP contribution in [0.15, 0.2) is 16.6 Å². The molecule has 1 heterocycles. The molecule has 0 aliphatic carbocycles. The summed E-state index contributed by atoms with van der Waals surface area (Å²) in [6, 6.07) is 3.84. The Labute approximate surface area is 123 Å². The van der Waals surface area contributed by atoms with Crippen molar-refractivity contribution in [3.05, 3.63) is 27.7 Å². The van der Waals surface area contributed by atoms with Crippen LogP contribution in [0, 0.1) is 13.8 Å². The van der Waals surface area contributed by atoms with Gasteiger partial charge in [0.2, 0.25) is 0 Å². The van der Waals surface area contributed by atoms with Gasteiger partial charge < -0.3 is 0 Å². The monoisotopic (exact) mass is 346 g/mol. The number of benzene rings is 1. The molecule has 0 spiro atoms. The summed E-state index contributed by atoms with van der Waals surface area (Å²) < 4.78 is 29.9. The van der Waals surface area contributed by atoms with Crippen molar-refractivity contribution in [2.75, 3.05) is 17.8 Å². The van der Waals surface area contributed by atoms with Crippen molar-refractivity contribution in [2.45, 2.75) is 33.1 Å². The van der Waals surface area contributed by atoms with Gasteiger partial charge >= 0.3 is 10.2 Å². The molecule has 1 aliphatic rings. The van der Waals surface area contributed by atoms with Crippen molar-refractivity contribution < 1.29 is 8.42 Å². The van der Waals surface area contributed by atoms with Crippen molar-refractivity contribution in [1.82, 2.24) is 4.31 Å². The van der Waals surface area contributed by atoms with Gasteiger partial charge in [0, 0.05) is 17.6 Å². The first-order valence-electron chi connectivity index (χ1n) is 6.45. The molecule has 106 valence electrons. The largest absolute Gasteiger partial charge is 0.301 e. The van der Waals surface area contributed by atoms with Crippen LogP contribution in [0.2, 0.25) is 0 Å². The van der Waals surface area contributed by atoms with Gasteiger partial charge in [0.15, 0.2) is 0 Å². The van der Waals surface area contributed by atoms with Crippen LogP contribution < -0.4 is 4.72 Å². The molecule has 1 aromatic rings. The summed E-state index contributed by atoms with van der Waals surface area (Å²) in [4.78, 5) is 0. The standard InChI is InChI=1S/C13H19BrN2O2S/c1-10-8-12(14)9-11(2)13(10)15-19(17,18)16-6-4-3-5-7-16/h8-9,15H,3-7H2,1-2H3. The molecule has 19 heavy (non-hydrogen) atoms. The fourth-order valence-corrected chi connectivity index (χ4v) is 4.51. The van der Waals surface area contributed by atoms with E-state index in [2.05, 4.69) is 20.7 Å². The van der Waals surface area contributed by atoms with Crippen LogP contribution in [0.4, 0.5) is 5.69 Å². The molecule has 0 bridgehead atoms. The average Bonchev–Trinajstić information content (AvgIpc) is 2.35. The smallest absolute Gasteiger partial charge is 0.270 e. The normalized spacial score (nSPS) is 17.4. The Bertz CT molecular complexity index is 543. The van der Waals surface area contributed by atoms with Crippen molar-refractivity contribution >= 4 is 31.8 Å². The van der Waals surface area contributed by atoms with E-state index >= 15 is 0 Å². The highest BCUT2D eigenvalue weighted by Crippen LogP contribution is 2.27. The SMILES string of the molecule is Cc1cc(Br)cc(C)c1NS(=O)(=O)N1CCCCC1. The van der Waals surface area contributed by atoms with Crippen LogP contribution in [0.5, 0.6) is 0 Å². The zero-order valence-corrected chi connectivity index (χ0v) is 13.6. The Hall–Kier alpha value is -0.590. The molecule has 1 aliphatic heterocycles. The molecular formula is C13H19BrN2O2S. The lowest BCUT2D eigenvalue weighted by atomic mass is 10.1. The van der Waals surface area contributed by atoms with Gasteiger partial charge in [-0.25, -0.2) is 0 Å². The van der Waals surface area contributed by atoms with Gasteiger partial charge in [0.05, 0.1) is 5.69 Å². The Morgan fingerprint density at radius 2 is 1.63 bits per heavy atom. The van der Waals surface area contributed by atoms with Crippen LogP contribution in [-0.2, 0) is 10.2 Å². The van der Waals surface area contributed by atoms with E-state index in [1.807, 2.05) is 26.0 Å². The van der Waals surface area contributed by atoms with Gasteiger partial charge in [-0.1, -0.05) is 22.4 Å². The predicted octanol–water partition coefficient (Wildman–Crippen LogP) is 3.21. The quantitative estimate of drug-likeness (QED) is 0.913. The lowest BCUT2D eigenvalue weighted by Crippen LogP contribution is -2.39. The van der Waals surface area contributed by atoms with Crippen molar-refractivity contribution in [3.8, 4) is 0 Å². The Balaban J connectivity index is 2.25. The lowest BCUT2D eigenvalue weighted by Gasteiger charge is -2.27. The molecule has 2 rings (SSSR count). The molecule has 0 saturated carbocycles. The Morgan fingerprint density at radius 3 is 2.16 bits per heavy atom. The summed E-state index contributed by atoms with van der Waals surface area (Å²) in [5.74, 6) is 0. The van der Waals surface area contributed by atoms with Crippen LogP contribution >= 0.6 is 15.9 Å². The van der Waals surface area contributed by atoms with E-state index in [1.54, 1.807) is 0 Å². The average molecular weight is 347 g/mol. The number of nitrogens with one attached hydrogen (secondary N) is 1. The molecule has 1 saturated heterocycles. The molecule has 0 radical (unpaired) electrons. The minimum atomic E-state index is -3.43. The number of piperidine rings is 1. The van der Waals surface area contributed by atoms with Crippen LogP contribution in [0.3, 0.4) is 0 Å². The summed E-state index contributed by atoms with van der Waals surface area (Å²) in [7, 11) is -3.43. The van der Waals surface area contributed by atoms with E-state index < -0.39 is 10.2 Å². The fraction of sp³-hybridized carbons (Fsp3) is 0.538. The molecule has 0 aromatic heterocycles. The van der Waals surface area contributed by atoms with Crippen molar-refractivity contribution in [3.63, 3.8) is 0 Å². The number of hydrogen-bond donors (Lipinski definition) is 1. The number of anilines is 1. The maximum absolute atomic E-state index is 12.3. The third-order valence-electron chi connectivity index (χ3n) is 3.38. The Kier molecular flexibility index (Phi) is 4.53. The molecule has 0 unspecified atom stereocenters. The highest BCUT2D eigenvalue weighted by atomic mass is 79.9. The van der Waals surface area contributed by atoms with E-state index in [9.17, 15) is 8.42 Å². The minimum Gasteiger partial charge on any atom is -0.270 e. The maximum Gasteiger partial charge on any atom is 0.301 e. The molecule has 6 heteroatoms. The molecule has 1 fully saturated rings. The van der Waals surface area contributed by atoms with E-state index in [1.165, 1.54) is 4.31 Å². The second-order valence-corrected chi connectivity index (χ2v) is 7.57. The summed E-state index contributed by atoms with van der Waals surface area (Å²) in [6.45, 7) is 5.05. The summed E-state index contributed by atoms with van der Waals surface area (Å²) in [5, 5.41) is 0. The fourth-order valence-electron chi connectivity index (χ4n) is 2.37. The van der Waals surface area contributed by atoms with E-state index in [-0.39, 0.29) is 0 Å². The second-order valence-electron chi connectivity index (χ2n) is 4.98. The van der Waals surface area contributed by atoms with Crippen molar-refractivity contribution in [1.29, 1.82) is 0 Å². The second kappa shape index (κ2) is 5.81. The summed E-state index contributed by atoms with van der Waals surface area (Å²) in [6.07, 6.45) is 3.00. The number of halogens is 1. The van der Waals surface area contributed by atoms with Crippen molar-refractivity contribution in [2.24, 2.45) is 0 Å². The lowest BCUT2D eigenvalue weighted by molar-refractivity contribution is 0.349. The summed E-state index contributed by atoms with van der Waals surface area (Å²) in [5.41, 5.74) is 2.54. The van der Waals surface area contributed by atoms with Gasteiger partial charge in [-0.05, 0) is 49.9 Å². The van der Waals surface area contributed by atoms with Gasteiger partial charge in [0.25, 0.3) is 0 Å². The van der Waals surface area contributed by atoms with Crippen LogP contribution in [0.1, 0.15) is 30.4 Å². The first kappa shape index (κ1) is 14.8. The van der Waals surface area contributed by atoms with Gasteiger partial charge in [-0.2, -0.15) is 12.7 Å². The molecular weight excluding hydrogens is 328 g/mol. The van der Waals surface area contributed by atoms with Gasteiger partial charge in [-0.15, -0.1) is 0 Å². The topological polar surface area (TPSA) is 49.4 Å². The third kappa shape index (κ3) is 3.49. The van der Waals surface area contributed by atoms with Gasteiger partial charge in [-0.3, -0.25) is 4.72 Å². The van der Waals surface area contributed by atoms with E-state index in [0.29, 0.717) is 18.8 Å². The number of nitrogens with zero attached hydrogens (tertiary/aromatic N) is 1. The number of rotatable bonds is 3. The molecule has 0 atom stereocenters. The number of aryl methyl sites for hydroxylation is 2. The number of hydrogen-bond acceptors (Lipinski definition) is 2. The zero-order chi connectivity index (χ0) is 14.0. The Morgan fingerprint density at radius 1 is 1.11 bits per heavy atom. The first-order valence-corrected chi connectivity index (χ1v) is 8.68. The summed E-state index contributed by atoms with van der Waals surface area (Å²) >= 11 is 3.42. The molecule has 4 nitrogen and oxygen atoms in total. The van der Waals surface area contributed by atoms with E-state index in [0.717, 1.165) is 34.9 Å².